The number of carboxylic acid groups (broad SMARTS) is 1. The Labute approximate surface area is 175 Å². The van der Waals surface area contributed by atoms with Crippen LogP contribution in [0.4, 0.5) is 11.4 Å². The third-order valence-electron chi connectivity index (χ3n) is 4.55. The molecule has 1 saturated carbocycles. The van der Waals surface area contributed by atoms with Gasteiger partial charge in [0.1, 0.15) is 11.4 Å². The van der Waals surface area contributed by atoms with E-state index in [1.165, 1.54) is 31.4 Å². The third kappa shape index (κ3) is 6.54. The Hall–Kier alpha value is -4.04. The van der Waals surface area contributed by atoms with E-state index in [9.17, 15) is 9.59 Å². The summed E-state index contributed by atoms with van der Waals surface area (Å²) in [5.41, 5.74) is 7.42. The van der Waals surface area contributed by atoms with Gasteiger partial charge in [0.25, 0.3) is 5.56 Å². The highest BCUT2D eigenvalue weighted by Gasteiger charge is 2.17. The molecule has 0 saturated heterocycles. The maximum absolute atomic E-state index is 12.3. The molecule has 1 aliphatic carbocycles. The predicted molar refractivity (Wildman–Crippen MR) is 118 cm³/mol. The molecule has 30 heavy (non-hydrogen) atoms. The molecule has 0 bridgehead atoms. The van der Waals surface area contributed by atoms with Crippen molar-refractivity contribution in [3.8, 4) is 19.4 Å². The number of aromatic carboxylic acids is 1. The average Bonchev–Trinajstić information content (AvgIpc) is 2.77. The highest BCUT2D eigenvalue weighted by atomic mass is 16.4. The molecule has 2 aromatic rings. The number of nitrogens with one attached hydrogen (secondary N) is 2. The first-order valence-corrected chi connectivity index (χ1v) is 9.30. The van der Waals surface area contributed by atoms with E-state index < -0.39 is 5.97 Å². The van der Waals surface area contributed by atoms with Crippen LogP contribution in [0.5, 0.6) is 0 Å². The lowest BCUT2D eigenvalue weighted by molar-refractivity contribution is 0.0697. The zero-order valence-corrected chi connectivity index (χ0v) is 16.5. The molecule has 8 heteroatoms. The first kappa shape index (κ1) is 24.0. The van der Waals surface area contributed by atoms with Crippen LogP contribution in [0.1, 0.15) is 48.0 Å². The fourth-order valence-corrected chi connectivity index (χ4v) is 3.19. The molecule has 8 nitrogen and oxygen atoms in total. The van der Waals surface area contributed by atoms with Gasteiger partial charge in [-0.15, -0.1) is 12.8 Å². The standard InChI is InChI=1S/C19H22N4O3.C2H2.CHN/c20-17(23-14-8-6-12(7-9-14)19(25)26)16-15(10-11-21-18(16)24)22-13-4-2-1-3-5-13;2*1-2/h6-11,13H,1-5H2,(H2,20,23)(H,25,26)(H2,21,22,24);1-2H;1H. The van der Waals surface area contributed by atoms with Crippen LogP contribution >= 0.6 is 0 Å². The Bertz CT molecular complexity index is 946. The van der Waals surface area contributed by atoms with Crippen LogP contribution in [0.3, 0.4) is 0 Å². The van der Waals surface area contributed by atoms with E-state index in [4.69, 9.17) is 16.1 Å². The first-order valence-electron chi connectivity index (χ1n) is 9.30. The minimum absolute atomic E-state index is 0.0910. The molecular formula is C22H25N5O3. The summed E-state index contributed by atoms with van der Waals surface area (Å²) >= 11 is 0. The third-order valence-corrected chi connectivity index (χ3v) is 4.55. The molecule has 0 unspecified atom stereocenters. The van der Waals surface area contributed by atoms with Crippen LogP contribution in [-0.4, -0.2) is 27.9 Å². The van der Waals surface area contributed by atoms with E-state index in [1.54, 1.807) is 24.4 Å². The lowest BCUT2D eigenvalue weighted by Gasteiger charge is -2.24. The molecule has 5 N–H and O–H groups in total. The summed E-state index contributed by atoms with van der Waals surface area (Å²) < 4.78 is 0. The summed E-state index contributed by atoms with van der Waals surface area (Å²) in [6.07, 6.45) is 15.3. The Morgan fingerprint density at radius 2 is 1.73 bits per heavy atom. The molecule has 1 aliphatic rings. The van der Waals surface area contributed by atoms with E-state index in [0.29, 0.717) is 23.0 Å². The van der Waals surface area contributed by atoms with Crippen molar-refractivity contribution in [1.29, 1.82) is 5.26 Å². The van der Waals surface area contributed by atoms with Crippen molar-refractivity contribution in [2.75, 3.05) is 5.32 Å². The van der Waals surface area contributed by atoms with Crippen molar-refractivity contribution in [3.05, 3.63) is 58.0 Å². The van der Waals surface area contributed by atoms with Crippen LogP contribution in [0.15, 0.2) is 46.3 Å². The molecule has 3 rings (SSSR count). The molecule has 0 radical (unpaired) electrons. The molecule has 1 fully saturated rings. The molecule has 0 amide bonds. The zero-order valence-electron chi connectivity index (χ0n) is 16.5. The number of amidine groups is 1. The van der Waals surface area contributed by atoms with E-state index in [1.807, 2.05) is 0 Å². The normalized spacial score (nSPS) is 13.7. The van der Waals surface area contributed by atoms with Crippen molar-refractivity contribution in [1.82, 2.24) is 4.98 Å². The van der Waals surface area contributed by atoms with Gasteiger partial charge < -0.3 is 21.1 Å². The minimum Gasteiger partial charge on any atom is -0.478 e. The number of carboxylic acids is 1. The molecule has 156 valence electrons. The SMILES string of the molecule is C#C.C#N.NC(=Nc1ccc(C(=O)O)cc1)c1c(NC2CCCCC2)cc[nH]c1=O. The number of benzene rings is 1. The van der Waals surface area contributed by atoms with Gasteiger partial charge in [0.05, 0.1) is 16.9 Å². The largest absolute Gasteiger partial charge is 0.478 e. The van der Waals surface area contributed by atoms with E-state index in [-0.39, 0.29) is 17.0 Å². The second-order valence-electron chi connectivity index (χ2n) is 6.42. The number of aliphatic imine (C=N–C) groups is 1. The van der Waals surface area contributed by atoms with Gasteiger partial charge in [-0.3, -0.25) is 4.79 Å². The summed E-state index contributed by atoms with van der Waals surface area (Å²) in [5.74, 6) is -0.916. The smallest absolute Gasteiger partial charge is 0.335 e. The molecule has 1 aromatic heterocycles. The van der Waals surface area contributed by atoms with Gasteiger partial charge >= 0.3 is 5.97 Å². The van der Waals surface area contributed by atoms with Gasteiger partial charge in [-0.1, -0.05) is 19.3 Å². The molecular weight excluding hydrogens is 382 g/mol. The minimum atomic E-state index is -1.01. The van der Waals surface area contributed by atoms with Crippen molar-refractivity contribution >= 4 is 23.2 Å². The molecule has 1 aromatic carbocycles. The molecule has 1 heterocycles. The van der Waals surface area contributed by atoms with Crippen molar-refractivity contribution < 1.29 is 9.90 Å². The fourth-order valence-electron chi connectivity index (χ4n) is 3.19. The lowest BCUT2D eigenvalue weighted by atomic mass is 9.95. The Morgan fingerprint density at radius 1 is 1.13 bits per heavy atom. The van der Waals surface area contributed by atoms with Crippen molar-refractivity contribution in [3.63, 3.8) is 0 Å². The van der Waals surface area contributed by atoms with Gasteiger partial charge in [-0.25, -0.2) is 15.0 Å². The van der Waals surface area contributed by atoms with Crippen molar-refractivity contribution in [2.24, 2.45) is 10.7 Å². The van der Waals surface area contributed by atoms with Gasteiger partial charge in [-0.05, 0) is 43.2 Å². The number of nitriles is 1. The number of pyridine rings is 1. The number of hydrogen-bond donors (Lipinski definition) is 4. The number of terminal acetylenes is 1. The van der Waals surface area contributed by atoms with Crippen LogP contribution in [0.25, 0.3) is 0 Å². The number of hydrogen-bond acceptors (Lipinski definition) is 5. The monoisotopic (exact) mass is 407 g/mol. The number of rotatable bonds is 5. The van der Waals surface area contributed by atoms with Gasteiger partial charge in [-0.2, -0.15) is 0 Å². The summed E-state index contributed by atoms with van der Waals surface area (Å²) in [6.45, 7) is 3.50. The Morgan fingerprint density at radius 3 is 2.30 bits per heavy atom. The first-order chi connectivity index (χ1) is 14.5. The van der Waals surface area contributed by atoms with Crippen LogP contribution in [-0.2, 0) is 0 Å². The molecule has 0 spiro atoms. The number of anilines is 1. The number of nitrogens with zero attached hydrogens (tertiary/aromatic N) is 2. The number of nitrogens with two attached hydrogens (primary N) is 1. The summed E-state index contributed by atoms with van der Waals surface area (Å²) in [6, 6.07) is 8.13. The fraction of sp³-hybridized carbons (Fsp3) is 0.273. The van der Waals surface area contributed by atoms with E-state index in [0.717, 1.165) is 12.8 Å². The number of H-pyrrole nitrogens is 1. The topological polar surface area (TPSA) is 144 Å². The average molecular weight is 407 g/mol. The highest BCUT2D eigenvalue weighted by molar-refractivity contribution is 6.03. The van der Waals surface area contributed by atoms with Crippen LogP contribution < -0.4 is 16.6 Å². The Balaban J connectivity index is 0.00000106. The number of carbonyl (C=O) groups is 1. The number of aromatic nitrogens is 1. The Kier molecular flexibility index (Phi) is 9.94. The summed E-state index contributed by atoms with van der Waals surface area (Å²) in [4.78, 5) is 30.2. The predicted octanol–water partition coefficient (Wildman–Crippen LogP) is 3.24. The summed E-state index contributed by atoms with van der Waals surface area (Å²) in [7, 11) is 0. The molecule has 0 aliphatic heterocycles. The van der Waals surface area contributed by atoms with Crippen LogP contribution in [0, 0.1) is 24.7 Å². The van der Waals surface area contributed by atoms with Crippen molar-refractivity contribution in [2.45, 2.75) is 38.1 Å². The van der Waals surface area contributed by atoms with E-state index >= 15 is 0 Å². The number of aromatic amines is 1. The maximum Gasteiger partial charge on any atom is 0.335 e. The second-order valence-corrected chi connectivity index (χ2v) is 6.42. The lowest BCUT2D eigenvalue weighted by Crippen LogP contribution is -2.29. The second kappa shape index (κ2) is 12.4. The van der Waals surface area contributed by atoms with Crippen LogP contribution in [0.2, 0.25) is 0 Å². The highest BCUT2D eigenvalue weighted by Crippen LogP contribution is 2.23. The maximum atomic E-state index is 12.3. The summed E-state index contributed by atoms with van der Waals surface area (Å²) in [5, 5.41) is 18.9. The molecule has 0 atom stereocenters. The quantitative estimate of drug-likeness (QED) is 0.340. The van der Waals surface area contributed by atoms with Gasteiger partial charge in [0, 0.05) is 18.8 Å². The zero-order chi connectivity index (χ0) is 22.5. The van der Waals surface area contributed by atoms with E-state index in [2.05, 4.69) is 34.7 Å². The van der Waals surface area contributed by atoms with Gasteiger partial charge in [0.15, 0.2) is 0 Å². The van der Waals surface area contributed by atoms with Gasteiger partial charge in [0.2, 0.25) is 0 Å².